The lowest BCUT2D eigenvalue weighted by atomic mass is 10.1. The average molecular weight is 343 g/mol. The Hall–Kier alpha value is -3.42. The molecule has 0 unspecified atom stereocenters. The lowest BCUT2D eigenvalue weighted by molar-refractivity contribution is -0.385. The van der Waals surface area contributed by atoms with Crippen LogP contribution in [0.25, 0.3) is 0 Å². The van der Waals surface area contributed by atoms with E-state index in [1.165, 1.54) is 37.4 Å². The highest BCUT2D eigenvalue weighted by Gasteiger charge is 2.17. The molecular formula is C17H17N3O5. The van der Waals surface area contributed by atoms with Gasteiger partial charge in [-0.15, -0.1) is 0 Å². The number of nitro groups is 1. The SMILES string of the molecule is CCOc1cc(/C=N/NC(=O)c2cccc([N+](=O)[O-])c2C)ccc1O. The van der Waals surface area contributed by atoms with E-state index in [2.05, 4.69) is 10.5 Å². The fourth-order valence-corrected chi connectivity index (χ4v) is 2.18. The quantitative estimate of drug-likeness (QED) is 0.475. The van der Waals surface area contributed by atoms with Gasteiger partial charge in [0.25, 0.3) is 11.6 Å². The highest BCUT2D eigenvalue weighted by atomic mass is 16.6. The summed E-state index contributed by atoms with van der Waals surface area (Å²) in [7, 11) is 0. The van der Waals surface area contributed by atoms with E-state index in [0.717, 1.165) is 0 Å². The molecular weight excluding hydrogens is 326 g/mol. The summed E-state index contributed by atoms with van der Waals surface area (Å²) in [5, 5.41) is 24.4. The topological polar surface area (TPSA) is 114 Å². The van der Waals surface area contributed by atoms with Crippen LogP contribution in [0.1, 0.15) is 28.4 Å². The number of aromatic hydroxyl groups is 1. The molecule has 8 nitrogen and oxygen atoms in total. The Morgan fingerprint density at radius 1 is 1.40 bits per heavy atom. The first-order valence-electron chi connectivity index (χ1n) is 7.47. The molecule has 25 heavy (non-hydrogen) atoms. The number of rotatable bonds is 6. The highest BCUT2D eigenvalue weighted by molar-refractivity contribution is 5.97. The molecule has 0 bridgehead atoms. The number of amides is 1. The molecule has 0 saturated heterocycles. The average Bonchev–Trinajstić information content (AvgIpc) is 2.57. The molecule has 0 aromatic heterocycles. The first-order chi connectivity index (χ1) is 11.9. The predicted molar refractivity (Wildman–Crippen MR) is 92.2 cm³/mol. The Morgan fingerprint density at radius 3 is 2.84 bits per heavy atom. The largest absolute Gasteiger partial charge is 0.504 e. The standard InChI is InChI=1S/C17H17N3O5/c1-3-25-16-9-12(7-8-15(16)21)10-18-19-17(22)13-5-4-6-14(11(13)2)20(23)24/h4-10,21H,3H2,1-2H3,(H,19,22)/b18-10+. The number of nitrogens with one attached hydrogen (secondary N) is 1. The minimum absolute atomic E-state index is 0.00950. The molecule has 2 aromatic carbocycles. The second-order valence-corrected chi connectivity index (χ2v) is 5.07. The van der Waals surface area contributed by atoms with E-state index < -0.39 is 10.8 Å². The smallest absolute Gasteiger partial charge is 0.273 e. The van der Waals surface area contributed by atoms with Gasteiger partial charge in [0.2, 0.25) is 0 Å². The first kappa shape index (κ1) is 17.9. The number of benzene rings is 2. The van der Waals surface area contributed by atoms with Crippen LogP contribution < -0.4 is 10.2 Å². The molecule has 0 heterocycles. The molecule has 2 aromatic rings. The molecule has 2 rings (SSSR count). The summed E-state index contributed by atoms with van der Waals surface area (Å²) in [4.78, 5) is 22.5. The maximum absolute atomic E-state index is 12.1. The van der Waals surface area contributed by atoms with Crippen molar-refractivity contribution in [1.82, 2.24) is 5.43 Å². The van der Waals surface area contributed by atoms with E-state index in [1.807, 2.05) is 0 Å². The number of carbonyl (C=O) groups excluding carboxylic acids is 1. The summed E-state index contributed by atoms with van der Waals surface area (Å²) in [5.41, 5.74) is 3.25. The van der Waals surface area contributed by atoms with Crippen LogP contribution in [0.15, 0.2) is 41.5 Å². The van der Waals surface area contributed by atoms with Crippen molar-refractivity contribution in [3.63, 3.8) is 0 Å². The van der Waals surface area contributed by atoms with Gasteiger partial charge in [-0.2, -0.15) is 5.10 Å². The van der Waals surface area contributed by atoms with E-state index in [4.69, 9.17) is 4.74 Å². The second-order valence-electron chi connectivity index (χ2n) is 5.07. The van der Waals surface area contributed by atoms with E-state index >= 15 is 0 Å². The maximum Gasteiger partial charge on any atom is 0.273 e. The van der Waals surface area contributed by atoms with Crippen molar-refractivity contribution in [1.29, 1.82) is 0 Å². The third kappa shape index (κ3) is 4.31. The number of hydrogen-bond donors (Lipinski definition) is 2. The number of ether oxygens (including phenoxy) is 1. The van der Waals surface area contributed by atoms with Crippen LogP contribution in [0.5, 0.6) is 11.5 Å². The van der Waals surface area contributed by atoms with Crippen molar-refractivity contribution in [3.8, 4) is 11.5 Å². The van der Waals surface area contributed by atoms with Crippen molar-refractivity contribution < 1.29 is 19.6 Å². The Labute approximate surface area is 143 Å². The van der Waals surface area contributed by atoms with Gasteiger partial charge in [-0.05, 0) is 43.7 Å². The highest BCUT2D eigenvalue weighted by Crippen LogP contribution is 2.26. The van der Waals surface area contributed by atoms with Crippen molar-refractivity contribution in [3.05, 3.63) is 63.2 Å². The number of nitro benzene ring substituents is 1. The Kier molecular flexibility index (Phi) is 5.67. The van der Waals surface area contributed by atoms with Crippen LogP contribution in [-0.4, -0.2) is 28.8 Å². The predicted octanol–water partition coefficient (Wildman–Crippen LogP) is 2.77. The molecule has 0 spiro atoms. The molecule has 0 saturated carbocycles. The number of carbonyl (C=O) groups is 1. The van der Waals surface area contributed by atoms with E-state index in [9.17, 15) is 20.0 Å². The van der Waals surface area contributed by atoms with Crippen LogP contribution in [0.3, 0.4) is 0 Å². The fourth-order valence-electron chi connectivity index (χ4n) is 2.18. The van der Waals surface area contributed by atoms with Gasteiger partial charge in [-0.3, -0.25) is 14.9 Å². The normalized spacial score (nSPS) is 10.6. The van der Waals surface area contributed by atoms with Crippen LogP contribution >= 0.6 is 0 Å². The lowest BCUT2D eigenvalue weighted by Crippen LogP contribution is -2.19. The summed E-state index contributed by atoms with van der Waals surface area (Å²) < 4.78 is 5.26. The molecule has 0 aliphatic rings. The van der Waals surface area contributed by atoms with Crippen molar-refractivity contribution >= 4 is 17.8 Å². The summed E-state index contributed by atoms with van der Waals surface area (Å²) in [6, 6.07) is 8.90. The van der Waals surface area contributed by atoms with Crippen LogP contribution in [0, 0.1) is 17.0 Å². The van der Waals surface area contributed by atoms with Gasteiger partial charge in [-0.25, -0.2) is 5.43 Å². The maximum atomic E-state index is 12.1. The Balaban J connectivity index is 2.12. The molecule has 2 N–H and O–H groups in total. The molecule has 0 fully saturated rings. The fraction of sp³-hybridized carbons (Fsp3) is 0.176. The van der Waals surface area contributed by atoms with E-state index in [0.29, 0.717) is 17.9 Å². The minimum Gasteiger partial charge on any atom is -0.504 e. The molecule has 0 aliphatic carbocycles. The summed E-state index contributed by atoms with van der Waals surface area (Å²) in [5.74, 6) is -0.233. The number of phenols is 1. The molecule has 0 radical (unpaired) electrons. The minimum atomic E-state index is -0.554. The second kappa shape index (κ2) is 7.91. The van der Waals surface area contributed by atoms with Crippen molar-refractivity contribution in [2.24, 2.45) is 5.10 Å². The van der Waals surface area contributed by atoms with Gasteiger partial charge in [0.05, 0.1) is 23.3 Å². The summed E-state index contributed by atoms with van der Waals surface area (Å²) in [6.07, 6.45) is 1.38. The van der Waals surface area contributed by atoms with E-state index in [1.54, 1.807) is 19.1 Å². The van der Waals surface area contributed by atoms with Gasteiger partial charge in [0, 0.05) is 11.6 Å². The number of phenolic OH excluding ortho intramolecular Hbond substituents is 1. The molecule has 0 atom stereocenters. The zero-order chi connectivity index (χ0) is 18.4. The lowest BCUT2D eigenvalue weighted by Gasteiger charge is -2.06. The summed E-state index contributed by atoms with van der Waals surface area (Å²) >= 11 is 0. The third-order valence-corrected chi connectivity index (χ3v) is 3.41. The molecule has 130 valence electrons. The van der Waals surface area contributed by atoms with Gasteiger partial charge in [0.15, 0.2) is 11.5 Å². The zero-order valence-corrected chi connectivity index (χ0v) is 13.7. The van der Waals surface area contributed by atoms with Crippen LogP contribution in [0.2, 0.25) is 0 Å². The number of hydrogen-bond acceptors (Lipinski definition) is 6. The Bertz CT molecular complexity index is 833. The third-order valence-electron chi connectivity index (χ3n) is 3.41. The zero-order valence-electron chi connectivity index (χ0n) is 13.7. The van der Waals surface area contributed by atoms with Gasteiger partial charge in [-0.1, -0.05) is 6.07 Å². The van der Waals surface area contributed by atoms with Crippen LogP contribution in [-0.2, 0) is 0 Å². The van der Waals surface area contributed by atoms with Gasteiger partial charge >= 0.3 is 0 Å². The first-order valence-corrected chi connectivity index (χ1v) is 7.47. The van der Waals surface area contributed by atoms with Crippen molar-refractivity contribution in [2.45, 2.75) is 13.8 Å². The monoisotopic (exact) mass is 343 g/mol. The molecule has 0 aliphatic heterocycles. The van der Waals surface area contributed by atoms with Crippen LogP contribution in [0.4, 0.5) is 5.69 Å². The molecule has 1 amide bonds. The molecule has 8 heteroatoms. The Morgan fingerprint density at radius 2 is 2.16 bits per heavy atom. The van der Waals surface area contributed by atoms with E-state index in [-0.39, 0.29) is 22.6 Å². The van der Waals surface area contributed by atoms with Gasteiger partial charge < -0.3 is 9.84 Å². The summed E-state index contributed by atoms with van der Waals surface area (Å²) in [6.45, 7) is 3.70. The van der Waals surface area contributed by atoms with Crippen molar-refractivity contribution in [2.75, 3.05) is 6.61 Å². The number of nitrogens with zero attached hydrogens (tertiary/aromatic N) is 2. The number of hydrazone groups is 1. The van der Waals surface area contributed by atoms with Gasteiger partial charge in [0.1, 0.15) is 0 Å².